The average molecular weight is 693 g/mol. The number of hydrogen-bond donors (Lipinski definition) is 2. The summed E-state index contributed by atoms with van der Waals surface area (Å²) in [4.78, 5) is 4.52. The summed E-state index contributed by atoms with van der Waals surface area (Å²) >= 11 is 0. The summed E-state index contributed by atoms with van der Waals surface area (Å²) < 4.78 is 0. The Morgan fingerprint density at radius 1 is 0.868 bits per heavy atom. The molecule has 2 aliphatic rings. The van der Waals surface area contributed by atoms with E-state index in [9.17, 15) is 10.2 Å². The summed E-state index contributed by atoms with van der Waals surface area (Å²) in [5.74, 6) is 3.26. The van der Waals surface area contributed by atoms with Gasteiger partial charge in [-0.3, -0.25) is 0 Å². The normalized spacial score (nSPS) is 27.8. The predicted octanol–water partition coefficient (Wildman–Crippen LogP) is 7.90. The molecular formula is C34H46IrNO2-. The third kappa shape index (κ3) is 6.58. The van der Waals surface area contributed by atoms with E-state index in [2.05, 4.69) is 76.9 Å². The van der Waals surface area contributed by atoms with Crippen LogP contribution in [0.25, 0.3) is 22.0 Å². The number of benzene rings is 2. The van der Waals surface area contributed by atoms with E-state index < -0.39 is 0 Å². The molecule has 4 heteroatoms. The molecule has 5 rings (SSSR count). The van der Waals surface area contributed by atoms with E-state index >= 15 is 0 Å². The first-order valence-electron chi connectivity index (χ1n) is 14.5. The second kappa shape index (κ2) is 13.7. The fraction of sp³-hybridized carbons (Fsp3) is 0.559. The van der Waals surface area contributed by atoms with E-state index in [-0.39, 0.29) is 38.2 Å². The first-order chi connectivity index (χ1) is 17.7. The zero-order valence-electron chi connectivity index (χ0n) is 23.9. The topological polar surface area (TPSA) is 53.4 Å². The molecule has 209 valence electrons. The Labute approximate surface area is 243 Å². The molecule has 38 heavy (non-hydrogen) atoms. The van der Waals surface area contributed by atoms with E-state index in [1.807, 2.05) is 30.5 Å². The van der Waals surface area contributed by atoms with E-state index in [1.54, 1.807) is 0 Å². The minimum atomic E-state index is -0.269. The van der Waals surface area contributed by atoms with Gasteiger partial charge < -0.3 is 15.2 Å². The second-order valence-electron chi connectivity index (χ2n) is 12.0. The van der Waals surface area contributed by atoms with Crippen LogP contribution in [0.5, 0.6) is 0 Å². The quantitative estimate of drug-likeness (QED) is 0.259. The number of rotatable bonds is 6. The van der Waals surface area contributed by atoms with Gasteiger partial charge in [0.15, 0.2) is 0 Å². The van der Waals surface area contributed by atoms with Crippen molar-refractivity contribution < 1.29 is 30.3 Å². The van der Waals surface area contributed by atoms with Gasteiger partial charge in [0.05, 0.1) is 12.2 Å². The summed E-state index contributed by atoms with van der Waals surface area (Å²) in [5.41, 5.74) is 3.38. The van der Waals surface area contributed by atoms with E-state index in [1.165, 1.54) is 16.3 Å². The molecule has 0 spiro atoms. The first kappa shape index (κ1) is 31.0. The summed E-state index contributed by atoms with van der Waals surface area (Å²) in [6, 6.07) is 19.9. The Morgan fingerprint density at radius 3 is 2.00 bits per heavy atom. The standard InChI is InChI=1S/C18H16N.C16H30O2.Ir/c1-13(2)15-8-9-16-12-19-18(11-17(16)10-15)14-6-4-3-5-7-14;1-5-9(3)12-7-11-8-13(10(4)6-2)16(18)14(11)15(12)17;/h3-6,8-13H,1-2H3;9-18H,5-8H2,1-4H3;/q-1;;/t;9?,10?,11?,12-,13-,14?,15?,16?;/m.1./s1. The van der Waals surface area contributed by atoms with E-state index in [0.29, 0.717) is 35.5 Å². The maximum absolute atomic E-state index is 10.5. The molecule has 2 N–H and O–H groups in total. The molecule has 2 aliphatic carbocycles. The van der Waals surface area contributed by atoms with Gasteiger partial charge in [-0.05, 0) is 70.4 Å². The maximum Gasteiger partial charge on any atom is 0.0626 e. The first-order valence-corrected chi connectivity index (χ1v) is 14.5. The molecule has 0 saturated heterocycles. The number of aliphatic hydroxyl groups excluding tert-OH is 2. The van der Waals surface area contributed by atoms with Gasteiger partial charge in [-0.15, -0.1) is 35.9 Å². The second-order valence-corrected chi connectivity index (χ2v) is 12.0. The number of pyridine rings is 1. The fourth-order valence-corrected chi connectivity index (χ4v) is 6.68. The van der Waals surface area contributed by atoms with Crippen LogP contribution in [0.2, 0.25) is 0 Å². The van der Waals surface area contributed by atoms with Crippen molar-refractivity contribution in [1.29, 1.82) is 0 Å². The van der Waals surface area contributed by atoms with Crippen LogP contribution in [0.1, 0.15) is 78.7 Å². The van der Waals surface area contributed by atoms with Crippen molar-refractivity contribution in [3.05, 3.63) is 66.4 Å². The zero-order chi connectivity index (χ0) is 26.7. The van der Waals surface area contributed by atoms with Crippen LogP contribution in [0.3, 0.4) is 0 Å². The Hall–Kier alpha value is -1.58. The number of aromatic nitrogens is 1. The van der Waals surface area contributed by atoms with Crippen LogP contribution in [-0.4, -0.2) is 27.4 Å². The summed E-state index contributed by atoms with van der Waals surface area (Å²) in [6.07, 6.45) is 5.92. The molecule has 0 bridgehead atoms. The Bertz CT molecular complexity index is 1120. The zero-order valence-corrected chi connectivity index (χ0v) is 26.3. The van der Waals surface area contributed by atoms with Gasteiger partial charge in [0.2, 0.25) is 0 Å². The SMILES string of the molecule is CC(C)c1ccc2cnc(-c3[c-]cccc3)cc2c1.CCC(C)[C@H]1CC2C[C@H](C(C)CC)C(O)C2C1O.[Ir]. The number of hydrogen-bond acceptors (Lipinski definition) is 3. The number of aliphatic hydroxyl groups is 2. The molecular weight excluding hydrogens is 647 g/mol. The minimum absolute atomic E-state index is 0. The van der Waals surface area contributed by atoms with Crippen molar-refractivity contribution in [3.63, 3.8) is 0 Å². The third-order valence-electron chi connectivity index (χ3n) is 9.51. The van der Waals surface area contributed by atoms with Crippen molar-refractivity contribution in [2.45, 2.75) is 85.4 Å². The summed E-state index contributed by atoms with van der Waals surface area (Å²) in [5, 5.41) is 23.5. The van der Waals surface area contributed by atoms with Crippen molar-refractivity contribution >= 4 is 10.8 Å². The summed E-state index contributed by atoms with van der Waals surface area (Å²) in [7, 11) is 0. The smallest absolute Gasteiger partial charge is 0.0626 e. The van der Waals surface area contributed by atoms with Crippen LogP contribution >= 0.6 is 0 Å². The molecule has 3 nitrogen and oxygen atoms in total. The number of nitrogens with zero attached hydrogens (tertiary/aromatic N) is 1. The van der Waals surface area contributed by atoms with Gasteiger partial charge in [-0.25, -0.2) is 0 Å². The van der Waals surface area contributed by atoms with Crippen LogP contribution in [0.4, 0.5) is 0 Å². The van der Waals surface area contributed by atoms with Crippen LogP contribution in [0, 0.1) is 41.6 Å². The molecule has 2 fully saturated rings. The van der Waals surface area contributed by atoms with E-state index in [4.69, 9.17) is 0 Å². The molecule has 1 heterocycles. The number of fused-ring (bicyclic) bond motifs is 2. The predicted molar refractivity (Wildman–Crippen MR) is 154 cm³/mol. The maximum atomic E-state index is 10.5. The van der Waals surface area contributed by atoms with Gasteiger partial charge in [-0.2, -0.15) is 0 Å². The molecule has 0 aliphatic heterocycles. The van der Waals surface area contributed by atoms with Crippen molar-refractivity contribution in [3.8, 4) is 11.3 Å². The molecule has 0 amide bonds. The Kier molecular flexibility index (Phi) is 11.1. The van der Waals surface area contributed by atoms with E-state index in [0.717, 1.165) is 36.9 Å². The van der Waals surface area contributed by atoms with Gasteiger partial charge in [-0.1, -0.05) is 78.6 Å². The molecule has 3 aromatic rings. The summed E-state index contributed by atoms with van der Waals surface area (Å²) in [6.45, 7) is 13.3. The van der Waals surface area contributed by atoms with Gasteiger partial charge in [0.1, 0.15) is 0 Å². The fourth-order valence-electron chi connectivity index (χ4n) is 6.68. The Morgan fingerprint density at radius 2 is 1.50 bits per heavy atom. The van der Waals surface area contributed by atoms with Crippen molar-refractivity contribution in [1.82, 2.24) is 4.98 Å². The van der Waals surface area contributed by atoms with Gasteiger partial charge in [0, 0.05) is 32.2 Å². The van der Waals surface area contributed by atoms with Gasteiger partial charge in [0.25, 0.3) is 0 Å². The molecule has 6 atom stereocenters. The Balaban J connectivity index is 0.000000206. The monoisotopic (exact) mass is 693 g/mol. The van der Waals surface area contributed by atoms with Crippen LogP contribution in [0.15, 0.2) is 54.7 Å². The largest absolute Gasteiger partial charge is 0.392 e. The molecule has 4 unspecified atom stereocenters. The molecule has 2 saturated carbocycles. The minimum Gasteiger partial charge on any atom is -0.392 e. The molecule has 2 aromatic carbocycles. The average Bonchev–Trinajstić information content (AvgIpc) is 3.43. The molecule has 1 radical (unpaired) electrons. The molecule has 1 aromatic heterocycles. The van der Waals surface area contributed by atoms with Crippen LogP contribution < -0.4 is 0 Å². The van der Waals surface area contributed by atoms with Crippen LogP contribution in [-0.2, 0) is 20.1 Å². The van der Waals surface area contributed by atoms with Crippen molar-refractivity contribution in [2.75, 3.05) is 0 Å². The van der Waals surface area contributed by atoms with Crippen molar-refractivity contribution in [2.24, 2.45) is 35.5 Å². The van der Waals surface area contributed by atoms with Gasteiger partial charge >= 0.3 is 0 Å². The third-order valence-corrected chi connectivity index (χ3v) is 9.51.